The van der Waals surface area contributed by atoms with E-state index in [1.165, 1.54) is 12.1 Å². The lowest BCUT2D eigenvalue weighted by Crippen LogP contribution is -2.38. The van der Waals surface area contributed by atoms with Crippen LogP contribution in [-0.2, 0) is 19.6 Å². The van der Waals surface area contributed by atoms with Gasteiger partial charge in [-0.25, -0.2) is 13.1 Å². The summed E-state index contributed by atoms with van der Waals surface area (Å²) in [5.41, 5.74) is 0.914. The Kier molecular flexibility index (Phi) is 6.04. The number of hydrogen-bond acceptors (Lipinski definition) is 4. The first kappa shape index (κ1) is 17.3. The summed E-state index contributed by atoms with van der Waals surface area (Å²) in [6, 6.07) is 5.24. The summed E-state index contributed by atoms with van der Waals surface area (Å²) in [5, 5.41) is 8.83. The van der Waals surface area contributed by atoms with Crippen molar-refractivity contribution < 1.29 is 23.1 Å². The highest BCUT2D eigenvalue weighted by molar-refractivity contribution is 7.89. The number of carbonyl (C=O) groups excluding carboxylic acids is 1. The summed E-state index contributed by atoms with van der Waals surface area (Å²) in [6.45, 7) is 3.48. The molecule has 0 saturated carbocycles. The zero-order chi connectivity index (χ0) is 16.0. The van der Waals surface area contributed by atoms with Crippen molar-refractivity contribution in [2.75, 3.05) is 0 Å². The van der Waals surface area contributed by atoms with Crippen molar-refractivity contribution in [2.45, 2.75) is 44.0 Å². The molecule has 0 aliphatic carbocycles. The van der Waals surface area contributed by atoms with E-state index in [0.29, 0.717) is 0 Å². The van der Waals surface area contributed by atoms with Gasteiger partial charge >= 0.3 is 5.97 Å². The summed E-state index contributed by atoms with van der Waals surface area (Å²) in [6.07, 6.45) is -0.326. The maximum atomic E-state index is 12.2. The van der Waals surface area contributed by atoms with E-state index in [9.17, 15) is 18.0 Å². The third kappa shape index (κ3) is 5.65. The first-order valence-electron chi connectivity index (χ1n) is 6.57. The number of sulfonamides is 1. The highest BCUT2D eigenvalue weighted by Gasteiger charge is 2.23. The second-order valence-electron chi connectivity index (χ2n) is 4.83. The lowest BCUT2D eigenvalue weighted by molar-refractivity contribution is -0.137. The van der Waals surface area contributed by atoms with E-state index in [2.05, 4.69) is 4.72 Å². The lowest BCUT2D eigenvalue weighted by Gasteiger charge is -2.16. The van der Waals surface area contributed by atoms with Crippen molar-refractivity contribution in [3.05, 3.63) is 29.8 Å². The molecule has 116 valence electrons. The third-order valence-electron chi connectivity index (χ3n) is 2.94. The number of benzene rings is 1. The van der Waals surface area contributed by atoms with Crippen molar-refractivity contribution in [3.63, 3.8) is 0 Å². The Labute approximate surface area is 124 Å². The molecule has 0 heterocycles. The number of carboxylic acid groups (broad SMARTS) is 1. The van der Waals surface area contributed by atoms with Gasteiger partial charge in [0.1, 0.15) is 5.78 Å². The molecule has 0 aliphatic heterocycles. The summed E-state index contributed by atoms with van der Waals surface area (Å²) < 4.78 is 26.7. The van der Waals surface area contributed by atoms with Crippen LogP contribution in [0.3, 0.4) is 0 Å². The van der Waals surface area contributed by atoms with Gasteiger partial charge in [0.15, 0.2) is 0 Å². The van der Waals surface area contributed by atoms with E-state index >= 15 is 0 Å². The minimum Gasteiger partial charge on any atom is -0.481 e. The van der Waals surface area contributed by atoms with Crippen LogP contribution in [0.1, 0.15) is 31.7 Å². The number of aryl methyl sites for hydroxylation is 1. The zero-order valence-corrected chi connectivity index (χ0v) is 12.8. The molecule has 0 radical (unpaired) electrons. The van der Waals surface area contributed by atoms with Gasteiger partial charge < -0.3 is 5.11 Å². The van der Waals surface area contributed by atoms with Crippen LogP contribution in [0, 0.1) is 6.92 Å². The van der Waals surface area contributed by atoms with Gasteiger partial charge in [-0.3, -0.25) is 9.59 Å². The van der Waals surface area contributed by atoms with Gasteiger partial charge in [-0.05, 0) is 19.1 Å². The molecule has 0 unspecified atom stereocenters. The van der Waals surface area contributed by atoms with Gasteiger partial charge in [0, 0.05) is 18.9 Å². The Morgan fingerprint density at radius 1 is 1.19 bits per heavy atom. The van der Waals surface area contributed by atoms with Gasteiger partial charge in [-0.1, -0.05) is 24.6 Å². The fourth-order valence-electron chi connectivity index (χ4n) is 1.79. The molecule has 7 heteroatoms. The minimum absolute atomic E-state index is 0.0486. The molecule has 0 fully saturated rings. The molecule has 1 rings (SSSR count). The zero-order valence-electron chi connectivity index (χ0n) is 12.0. The summed E-state index contributed by atoms with van der Waals surface area (Å²) in [4.78, 5) is 22.3. The van der Waals surface area contributed by atoms with Crippen LogP contribution in [0.15, 0.2) is 29.2 Å². The Hall–Kier alpha value is -1.73. The first-order chi connectivity index (χ1) is 9.74. The Balaban J connectivity index is 2.92. The Bertz CT molecular complexity index is 607. The lowest BCUT2D eigenvalue weighted by atomic mass is 10.1. The molecule has 1 aromatic carbocycles. The van der Waals surface area contributed by atoms with Crippen molar-refractivity contribution >= 4 is 21.8 Å². The van der Waals surface area contributed by atoms with Crippen LogP contribution in [0.2, 0.25) is 0 Å². The molecule has 0 amide bonds. The van der Waals surface area contributed by atoms with Crippen LogP contribution in [-0.4, -0.2) is 31.3 Å². The van der Waals surface area contributed by atoms with Crippen molar-refractivity contribution in [2.24, 2.45) is 0 Å². The number of nitrogens with one attached hydrogen (secondary N) is 1. The molecule has 0 saturated heterocycles. The van der Waals surface area contributed by atoms with Crippen LogP contribution < -0.4 is 4.72 Å². The van der Waals surface area contributed by atoms with E-state index < -0.39 is 28.5 Å². The SMILES string of the molecule is CCC(=O)C[C@@H](CC(=O)O)NS(=O)(=O)c1ccc(C)cc1. The standard InChI is InChI=1S/C14H19NO5S/c1-3-12(16)8-11(9-14(17)18)15-21(19,20)13-6-4-10(2)5-7-13/h4-7,11,15H,3,8-9H2,1-2H3,(H,17,18)/t11-/m0/s1. The average Bonchev–Trinajstić information content (AvgIpc) is 2.37. The molecular weight excluding hydrogens is 294 g/mol. The summed E-state index contributed by atoms with van der Waals surface area (Å²) in [5.74, 6) is -1.34. The van der Waals surface area contributed by atoms with E-state index in [4.69, 9.17) is 5.11 Å². The topological polar surface area (TPSA) is 101 Å². The predicted octanol–water partition coefficient (Wildman–Crippen LogP) is 1.49. The van der Waals surface area contributed by atoms with E-state index in [1.807, 2.05) is 6.92 Å². The van der Waals surface area contributed by atoms with Crippen molar-refractivity contribution in [1.29, 1.82) is 0 Å². The molecular formula is C14H19NO5S. The molecule has 0 spiro atoms. The number of ketones is 1. The number of aliphatic carboxylic acids is 1. The number of hydrogen-bond donors (Lipinski definition) is 2. The van der Waals surface area contributed by atoms with Gasteiger partial charge in [0.25, 0.3) is 0 Å². The second kappa shape index (κ2) is 7.33. The molecule has 0 aromatic heterocycles. The molecule has 0 bridgehead atoms. The summed E-state index contributed by atoms with van der Waals surface area (Å²) >= 11 is 0. The number of Topliss-reactive ketones (excluding diaryl/α,β-unsaturated/α-hetero) is 1. The molecule has 2 N–H and O–H groups in total. The van der Waals surface area contributed by atoms with Crippen LogP contribution in [0.25, 0.3) is 0 Å². The molecule has 1 aromatic rings. The van der Waals surface area contributed by atoms with Crippen molar-refractivity contribution in [1.82, 2.24) is 4.72 Å². The van der Waals surface area contributed by atoms with E-state index in [0.717, 1.165) is 5.56 Å². The monoisotopic (exact) mass is 313 g/mol. The molecule has 21 heavy (non-hydrogen) atoms. The number of rotatable bonds is 8. The van der Waals surface area contributed by atoms with E-state index in [-0.39, 0.29) is 23.5 Å². The van der Waals surface area contributed by atoms with Gasteiger partial charge in [-0.2, -0.15) is 0 Å². The quantitative estimate of drug-likeness (QED) is 0.757. The Morgan fingerprint density at radius 2 is 1.76 bits per heavy atom. The van der Waals surface area contributed by atoms with Crippen LogP contribution in [0.4, 0.5) is 0 Å². The number of carbonyl (C=O) groups is 2. The third-order valence-corrected chi connectivity index (χ3v) is 4.48. The van der Waals surface area contributed by atoms with E-state index in [1.54, 1.807) is 19.1 Å². The van der Waals surface area contributed by atoms with Crippen LogP contribution in [0.5, 0.6) is 0 Å². The predicted molar refractivity (Wildman–Crippen MR) is 77.5 cm³/mol. The highest BCUT2D eigenvalue weighted by Crippen LogP contribution is 2.13. The molecule has 0 aliphatic rings. The average molecular weight is 313 g/mol. The smallest absolute Gasteiger partial charge is 0.304 e. The largest absolute Gasteiger partial charge is 0.481 e. The highest BCUT2D eigenvalue weighted by atomic mass is 32.2. The maximum Gasteiger partial charge on any atom is 0.304 e. The number of carboxylic acids is 1. The maximum absolute atomic E-state index is 12.2. The molecule has 1 atom stereocenters. The summed E-state index contributed by atoms with van der Waals surface area (Å²) in [7, 11) is -3.84. The fraction of sp³-hybridized carbons (Fsp3) is 0.429. The molecule has 6 nitrogen and oxygen atoms in total. The van der Waals surface area contributed by atoms with Crippen molar-refractivity contribution in [3.8, 4) is 0 Å². The minimum atomic E-state index is -3.84. The second-order valence-corrected chi connectivity index (χ2v) is 6.54. The Morgan fingerprint density at radius 3 is 2.24 bits per heavy atom. The van der Waals surface area contributed by atoms with Gasteiger partial charge in [-0.15, -0.1) is 0 Å². The fourth-order valence-corrected chi connectivity index (χ4v) is 3.03. The van der Waals surface area contributed by atoms with Gasteiger partial charge in [0.2, 0.25) is 10.0 Å². The van der Waals surface area contributed by atoms with Gasteiger partial charge in [0.05, 0.1) is 11.3 Å². The first-order valence-corrected chi connectivity index (χ1v) is 8.05. The normalized spacial score (nSPS) is 12.9. The van der Waals surface area contributed by atoms with Crippen LogP contribution >= 0.6 is 0 Å².